The number of benzene rings is 1. The second-order valence-corrected chi connectivity index (χ2v) is 8.49. The highest BCUT2D eigenvalue weighted by atomic mass is 31.2. The quantitative estimate of drug-likeness (QED) is 0.804. The Bertz CT molecular complexity index is 480. The summed E-state index contributed by atoms with van der Waals surface area (Å²) < 4.78 is 17.8. The molecule has 1 N–H and O–H groups in total. The fraction of sp³-hybridized carbons (Fsp3) is 0.647. The molecule has 21 heavy (non-hydrogen) atoms. The van der Waals surface area contributed by atoms with Crippen molar-refractivity contribution in [3.05, 3.63) is 29.8 Å². The van der Waals surface area contributed by atoms with Gasteiger partial charge in [0.25, 0.3) is 0 Å². The average molecular weight is 309 g/mol. The summed E-state index contributed by atoms with van der Waals surface area (Å²) >= 11 is 0. The van der Waals surface area contributed by atoms with Gasteiger partial charge in [-0.3, -0.25) is 4.57 Å². The number of rotatable bonds is 6. The van der Waals surface area contributed by atoms with Gasteiger partial charge in [0.2, 0.25) is 7.37 Å². The van der Waals surface area contributed by atoms with Crippen molar-refractivity contribution < 1.29 is 9.09 Å². The Morgan fingerprint density at radius 2 is 1.86 bits per heavy atom. The van der Waals surface area contributed by atoms with Gasteiger partial charge in [-0.15, -0.1) is 0 Å². The minimum Gasteiger partial charge on any atom is -0.326 e. The maximum Gasteiger partial charge on any atom is 0.229 e. The highest BCUT2D eigenvalue weighted by Crippen LogP contribution is 2.41. The van der Waals surface area contributed by atoms with E-state index in [0.29, 0.717) is 12.6 Å². The summed E-state index contributed by atoms with van der Waals surface area (Å²) in [6.45, 7) is 4.06. The van der Waals surface area contributed by atoms with E-state index in [1.165, 1.54) is 37.7 Å². The fourth-order valence-corrected chi connectivity index (χ4v) is 4.75. The standard InChI is InChI=1S/C17H28NO2P/c1-4-20-21(3,19)16-12-10-15(11-13-16)17(18-2)14-8-6-5-7-9-14/h10-14,17-18H,4-9H2,1-3H3/t17-,21?/m1/s1. The van der Waals surface area contributed by atoms with E-state index in [9.17, 15) is 4.57 Å². The monoisotopic (exact) mass is 309 g/mol. The van der Waals surface area contributed by atoms with Gasteiger partial charge in [0, 0.05) is 18.0 Å². The molecule has 0 radical (unpaired) electrons. The van der Waals surface area contributed by atoms with Crippen molar-refractivity contribution >= 4 is 12.7 Å². The fourth-order valence-electron chi connectivity index (χ4n) is 3.42. The van der Waals surface area contributed by atoms with E-state index in [2.05, 4.69) is 17.4 Å². The van der Waals surface area contributed by atoms with E-state index < -0.39 is 7.37 Å². The van der Waals surface area contributed by atoms with Crippen LogP contribution < -0.4 is 10.6 Å². The van der Waals surface area contributed by atoms with Crippen molar-refractivity contribution in [2.24, 2.45) is 5.92 Å². The first-order valence-corrected chi connectivity index (χ1v) is 10.2. The molecule has 4 heteroatoms. The molecule has 0 bridgehead atoms. The van der Waals surface area contributed by atoms with Crippen LogP contribution in [0.3, 0.4) is 0 Å². The van der Waals surface area contributed by atoms with E-state index in [-0.39, 0.29) is 0 Å². The molecule has 1 aliphatic carbocycles. The van der Waals surface area contributed by atoms with Crippen molar-refractivity contribution in [2.45, 2.75) is 45.1 Å². The normalized spacial score (nSPS) is 20.9. The lowest BCUT2D eigenvalue weighted by atomic mass is 9.81. The summed E-state index contributed by atoms with van der Waals surface area (Å²) in [7, 11) is -0.616. The van der Waals surface area contributed by atoms with Crippen LogP contribution in [0.15, 0.2) is 24.3 Å². The lowest BCUT2D eigenvalue weighted by Crippen LogP contribution is -2.27. The van der Waals surface area contributed by atoms with E-state index in [4.69, 9.17) is 4.52 Å². The van der Waals surface area contributed by atoms with Crippen LogP contribution in [0, 0.1) is 5.92 Å². The number of nitrogens with one attached hydrogen (secondary N) is 1. The first kappa shape index (κ1) is 16.7. The second kappa shape index (κ2) is 7.58. The van der Waals surface area contributed by atoms with Crippen molar-refractivity contribution in [2.75, 3.05) is 20.3 Å². The van der Waals surface area contributed by atoms with Gasteiger partial charge in [-0.25, -0.2) is 0 Å². The Kier molecular flexibility index (Phi) is 6.04. The van der Waals surface area contributed by atoms with Gasteiger partial charge in [-0.05, 0) is 50.4 Å². The molecular formula is C17H28NO2P. The van der Waals surface area contributed by atoms with Crippen LogP contribution in [0.2, 0.25) is 0 Å². The number of hydrogen-bond acceptors (Lipinski definition) is 3. The summed E-state index contributed by atoms with van der Waals surface area (Å²) in [5.74, 6) is 0.718. The van der Waals surface area contributed by atoms with Crippen molar-refractivity contribution in [1.82, 2.24) is 5.32 Å². The molecule has 2 atom stereocenters. The molecule has 1 unspecified atom stereocenters. The highest BCUT2D eigenvalue weighted by Gasteiger charge is 2.24. The maximum absolute atomic E-state index is 12.4. The van der Waals surface area contributed by atoms with Crippen LogP contribution in [0.1, 0.15) is 50.6 Å². The molecule has 0 heterocycles. The smallest absolute Gasteiger partial charge is 0.229 e. The van der Waals surface area contributed by atoms with E-state index in [0.717, 1.165) is 11.2 Å². The SMILES string of the molecule is CCOP(C)(=O)c1ccc([C@H](NC)C2CCCCC2)cc1. The first-order valence-electron chi connectivity index (χ1n) is 8.08. The summed E-state index contributed by atoms with van der Waals surface area (Å²) in [6, 6.07) is 8.57. The Morgan fingerprint density at radius 3 is 2.38 bits per heavy atom. The van der Waals surface area contributed by atoms with Crippen molar-refractivity contribution in [3.8, 4) is 0 Å². The molecular weight excluding hydrogens is 281 g/mol. The van der Waals surface area contributed by atoms with Gasteiger partial charge in [-0.2, -0.15) is 0 Å². The van der Waals surface area contributed by atoms with Gasteiger partial charge in [0.1, 0.15) is 0 Å². The Balaban J connectivity index is 2.14. The van der Waals surface area contributed by atoms with Crippen LogP contribution in [0.25, 0.3) is 0 Å². The summed E-state index contributed by atoms with van der Waals surface area (Å²) in [5.41, 5.74) is 1.30. The molecule has 2 rings (SSSR count). The van der Waals surface area contributed by atoms with Gasteiger partial charge in [0.15, 0.2) is 0 Å². The van der Waals surface area contributed by atoms with E-state index in [1.54, 1.807) is 6.66 Å². The molecule has 1 aromatic carbocycles. The third-order valence-electron chi connectivity index (χ3n) is 4.53. The maximum atomic E-state index is 12.4. The molecule has 0 amide bonds. The van der Waals surface area contributed by atoms with Crippen LogP contribution in [-0.2, 0) is 9.09 Å². The van der Waals surface area contributed by atoms with Gasteiger partial charge in [0.05, 0.1) is 6.61 Å². The Morgan fingerprint density at radius 1 is 1.24 bits per heavy atom. The predicted octanol–water partition coefficient (Wildman–Crippen LogP) is 4.10. The lowest BCUT2D eigenvalue weighted by Gasteiger charge is -2.30. The third kappa shape index (κ3) is 4.18. The molecule has 0 saturated heterocycles. The summed E-state index contributed by atoms with van der Waals surface area (Å²) in [5, 5.41) is 4.28. The minimum absolute atomic E-state index is 0.405. The molecule has 1 fully saturated rings. The molecule has 0 spiro atoms. The lowest BCUT2D eigenvalue weighted by molar-refractivity contribution is 0.281. The van der Waals surface area contributed by atoms with E-state index in [1.807, 2.05) is 26.1 Å². The molecule has 1 aromatic rings. The van der Waals surface area contributed by atoms with Crippen molar-refractivity contribution in [1.29, 1.82) is 0 Å². The molecule has 0 aromatic heterocycles. The molecule has 118 valence electrons. The zero-order valence-electron chi connectivity index (χ0n) is 13.5. The molecule has 0 aliphatic heterocycles. The topological polar surface area (TPSA) is 38.3 Å². The first-order chi connectivity index (χ1) is 10.1. The van der Waals surface area contributed by atoms with E-state index >= 15 is 0 Å². The van der Waals surface area contributed by atoms with Crippen LogP contribution in [0.4, 0.5) is 0 Å². The zero-order valence-corrected chi connectivity index (χ0v) is 14.4. The van der Waals surface area contributed by atoms with Gasteiger partial charge < -0.3 is 9.84 Å². The predicted molar refractivity (Wildman–Crippen MR) is 89.6 cm³/mol. The van der Waals surface area contributed by atoms with Crippen LogP contribution >= 0.6 is 7.37 Å². The zero-order chi connectivity index (χ0) is 15.3. The van der Waals surface area contributed by atoms with Gasteiger partial charge >= 0.3 is 0 Å². The Labute approximate surface area is 128 Å². The molecule has 3 nitrogen and oxygen atoms in total. The summed E-state index contributed by atoms with van der Waals surface area (Å²) in [6.07, 6.45) is 6.67. The second-order valence-electron chi connectivity index (χ2n) is 6.02. The molecule has 1 saturated carbocycles. The third-order valence-corrected chi connectivity index (χ3v) is 6.52. The minimum atomic E-state index is -2.66. The average Bonchev–Trinajstić information content (AvgIpc) is 2.50. The summed E-state index contributed by atoms with van der Waals surface area (Å²) in [4.78, 5) is 0. The molecule has 1 aliphatic rings. The van der Waals surface area contributed by atoms with Gasteiger partial charge in [-0.1, -0.05) is 31.4 Å². The Hall–Kier alpha value is -0.630. The number of hydrogen-bond donors (Lipinski definition) is 1. The van der Waals surface area contributed by atoms with Crippen LogP contribution in [-0.4, -0.2) is 20.3 Å². The van der Waals surface area contributed by atoms with Crippen molar-refractivity contribution in [3.63, 3.8) is 0 Å². The van der Waals surface area contributed by atoms with Crippen LogP contribution in [0.5, 0.6) is 0 Å². The highest BCUT2D eigenvalue weighted by molar-refractivity contribution is 7.66. The largest absolute Gasteiger partial charge is 0.326 e.